The Morgan fingerprint density at radius 3 is 2.62 bits per heavy atom. The van der Waals surface area contributed by atoms with E-state index >= 15 is 0 Å². The number of hydrogen-bond acceptors (Lipinski definition) is 8. The molecular weight excluding hydrogens is 368 g/mol. The molecule has 26 heavy (non-hydrogen) atoms. The maximum absolute atomic E-state index is 12.1. The zero-order chi connectivity index (χ0) is 18.7. The van der Waals surface area contributed by atoms with Gasteiger partial charge in [0.25, 0.3) is 5.91 Å². The maximum atomic E-state index is 12.1. The summed E-state index contributed by atoms with van der Waals surface area (Å²) in [5.74, 6) is 0.432. The van der Waals surface area contributed by atoms with Crippen LogP contribution in [0.1, 0.15) is 54.8 Å². The van der Waals surface area contributed by atoms with Crippen molar-refractivity contribution < 1.29 is 4.79 Å². The Balaban J connectivity index is 1.63. The Morgan fingerprint density at radius 1 is 1.23 bits per heavy atom. The van der Waals surface area contributed by atoms with E-state index in [9.17, 15) is 4.79 Å². The lowest BCUT2D eigenvalue weighted by molar-refractivity contribution is 0.102. The van der Waals surface area contributed by atoms with Crippen LogP contribution in [0.3, 0.4) is 0 Å². The quantitative estimate of drug-likeness (QED) is 0.683. The molecule has 0 aromatic carbocycles. The molecule has 9 heteroatoms. The van der Waals surface area contributed by atoms with Gasteiger partial charge in [0, 0.05) is 17.0 Å². The van der Waals surface area contributed by atoms with Gasteiger partial charge in [-0.2, -0.15) is 0 Å². The molecule has 3 aromatic heterocycles. The molecule has 0 aliphatic carbocycles. The van der Waals surface area contributed by atoms with Crippen molar-refractivity contribution >= 4 is 39.5 Å². The van der Waals surface area contributed by atoms with Crippen LogP contribution in [0.5, 0.6) is 0 Å². The fourth-order valence-electron chi connectivity index (χ4n) is 2.12. The van der Waals surface area contributed by atoms with E-state index in [0.29, 0.717) is 16.5 Å². The average molecular weight is 389 g/mol. The normalized spacial score (nSPS) is 12.6. The maximum Gasteiger partial charge on any atom is 0.259 e. The number of aromatic nitrogens is 4. The highest BCUT2D eigenvalue weighted by molar-refractivity contribution is 7.13. The summed E-state index contributed by atoms with van der Waals surface area (Å²) in [5, 5.41) is 17.0. The van der Waals surface area contributed by atoms with E-state index in [0.717, 1.165) is 10.7 Å². The van der Waals surface area contributed by atoms with Gasteiger partial charge < -0.3 is 5.32 Å². The number of thiazole rings is 1. The summed E-state index contributed by atoms with van der Waals surface area (Å²) in [6, 6.07) is 3.54. The minimum Gasteiger partial charge on any atom is -0.361 e. The standard InChI is InChI=1S/C17H20N6OS2/c1-10(15-21-12(8-25-15)17(2,3)4)20-13-6-5-11(7-18-13)14(24)22-16-23-19-9-26-16/h5-10H,1-4H3,(H,18,20)(H,22,23,24). The molecular formula is C17H20N6OS2. The van der Waals surface area contributed by atoms with Gasteiger partial charge in [-0.1, -0.05) is 32.1 Å². The molecule has 0 bridgehead atoms. The van der Waals surface area contributed by atoms with Gasteiger partial charge in [0.15, 0.2) is 0 Å². The Hall–Kier alpha value is -2.39. The molecule has 7 nitrogen and oxygen atoms in total. The molecule has 1 amide bonds. The predicted octanol–water partition coefficient (Wildman–Crippen LogP) is 4.11. The number of nitrogens with zero attached hydrogens (tertiary/aromatic N) is 4. The van der Waals surface area contributed by atoms with Crippen molar-refractivity contribution in [2.45, 2.75) is 39.2 Å². The van der Waals surface area contributed by atoms with Crippen LogP contribution in [0.25, 0.3) is 0 Å². The minimum absolute atomic E-state index is 0.0321. The number of rotatable bonds is 5. The lowest BCUT2D eigenvalue weighted by Crippen LogP contribution is -2.14. The van der Waals surface area contributed by atoms with Crippen LogP contribution < -0.4 is 10.6 Å². The van der Waals surface area contributed by atoms with Crippen LogP contribution in [0.2, 0.25) is 0 Å². The molecule has 136 valence electrons. The summed E-state index contributed by atoms with van der Waals surface area (Å²) in [4.78, 5) is 21.2. The van der Waals surface area contributed by atoms with Crippen molar-refractivity contribution in [3.05, 3.63) is 45.5 Å². The Labute approximate surface area is 159 Å². The zero-order valence-corrected chi connectivity index (χ0v) is 16.6. The van der Waals surface area contributed by atoms with Crippen LogP contribution in [-0.2, 0) is 5.41 Å². The average Bonchev–Trinajstić information content (AvgIpc) is 3.26. The third-order valence-corrected chi connectivity index (χ3v) is 5.27. The molecule has 3 aromatic rings. The highest BCUT2D eigenvalue weighted by atomic mass is 32.1. The molecule has 0 saturated heterocycles. The number of amides is 1. The largest absolute Gasteiger partial charge is 0.361 e. The molecule has 0 spiro atoms. The van der Waals surface area contributed by atoms with Crippen molar-refractivity contribution in [2.75, 3.05) is 10.6 Å². The van der Waals surface area contributed by atoms with Crippen molar-refractivity contribution in [1.29, 1.82) is 0 Å². The first kappa shape index (κ1) is 18.4. The monoisotopic (exact) mass is 388 g/mol. The third kappa shape index (κ3) is 4.41. The van der Waals surface area contributed by atoms with Crippen molar-refractivity contribution in [2.24, 2.45) is 0 Å². The van der Waals surface area contributed by atoms with Crippen molar-refractivity contribution in [3.8, 4) is 0 Å². The summed E-state index contributed by atoms with van der Waals surface area (Å²) >= 11 is 2.90. The lowest BCUT2D eigenvalue weighted by atomic mass is 9.93. The first-order chi connectivity index (χ1) is 12.3. The number of nitrogens with one attached hydrogen (secondary N) is 2. The van der Waals surface area contributed by atoms with Crippen LogP contribution >= 0.6 is 22.7 Å². The molecule has 0 fully saturated rings. The van der Waals surface area contributed by atoms with E-state index in [-0.39, 0.29) is 17.4 Å². The zero-order valence-electron chi connectivity index (χ0n) is 15.0. The topological polar surface area (TPSA) is 92.7 Å². The fourth-order valence-corrected chi connectivity index (χ4v) is 3.62. The van der Waals surface area contributed by atoms with Crippen LogP contribution in [0, 0.1) is 0 Å². The molecule has 0 aliphatic rings. The SMILES string of the molecule is CC(Nc1ccc(C(=O)Nc2nncs2)cn1)c1nc(C(C)(C)C)cs1. The second-order valence-corrected chi connectivity index (χ2v) is 8.54. The van der Waals surface area contributed by atoms with Gasteiger partial charge in [-0.3, -0.25) is 10.1 Å². The molecule has 0 aliphatic heterocycles. The highest BCUT2D eigenvalue weighted by Gasteiger charge is 2.19. The van der Waals surface area contributed by atoms with E-state index in [1.807, 2.05) is 6.92 Å². The predicted molar refractivity (Wildman–Crippen MR) is 105 cm³/mol. The van der Waals surface area contributed by atoms with Gasteiger partial charge >= 0.3 is 0 Å². The van der Waals surface area contributed by atoms with E-state index < -0.39 is 0 Å². The number of pyridine rings is 1. The Kier molecular flexibility index (Phi) is 5.28. The fraction of sp³-hybridized carbons (Fsp3) is 0.353. The highest BCUT2D eigenvalue weighted by Crippen LogP contribution is 2.28. The van der Waals surface area contributed by atoms with E-state index in [4.69, 9.17) is 4.98 Å². The first-order valence-electron chi connectivity index (χ1n) is 8.09. The first-order valence-corrected chi connectivity index (χ1v) is 9.85. The molecule has 0 saturated carbocycles. The summed E-state index contributed by atoms with van der Waals surface area (Å²) in [7, 11) is 0. The Bertz CT molecular complexity index is 868. The van der Waals surface area contributed by atoms with Gasteiger partial charge in [0.05, 0.1) is 17.3 Å². The van der Waals surface area contributed by atoms with E-state index in [2.05, 4.69) is 52.0 Å². The molecule has 1 atom stereocenters. The molecule has 3 heterocycles. The van der Waals surface area contributed by atoms with Crippen molar-refractivity contribution in [3.63, 3.8) is 0 Å². The lowest BCUT2D eigenvalue weighted by Gasteiger charge is -2.15. The van der Waals surface area contributed by atoms with E-state index in [1.165, 1.54) is 17.5 Å². The van der Waals surface area contributed by atoms with Gasteiger partial charge in [-0.05, 0) is 19.1 Å². The minimum atomic E-state index is -0.261. The summed E-state index contributed by atoms with van der Waals surface area (Å²) in [5.41, 5.74) is 3.14. The summed E-state index contributed by atoms with van der Waals surface area (Å²) < 4.78 is 0. The smallest absolute Gasteiger partial charge is 0.259 e. The molecule has 0 radical (unpaired) electrons. The van der Waals surface area contributed by atoms with Crippen LogP contribution in [0.4, 0.5) is 10.9 Å². The second-order valence-electron chi connectivity index (χ2n) is 6.82. The third-order valence-electron chi connectivity index (χ3n) is 3.63. The van der Waals surface area contributed by atoms with Crippen molar-refractivity contribution in [1.82, 2.24) is 20.2 Å². The summed E-state index contributed by atoms with van der Waals surface area (Å²) in [6.45, 7) is 8.49. The number of carbonyl (C=O) groups is 1. The number of carbonyl (C=O) groups excluding carboxylic acids is 1. The Morgan fingerprint density at radius 2 is 2.04 bits per heavy atom. The van der Waals surface area contributed by atoms with Gasteiger partial charge in [-0.15, -0.1) is 21.5 Å². The van der Waals surface area contributed by atoms with Crippen LogP contribution in [-0.4, -0.2) is 26.1 Å². The number of hydrogen-bond donors (Lipinski definition) is 2. The van der Waals surface area contributed by atoms with Gasteiger partial charge in [0.1, 0.15) is 16.3 Å². The van der Waals surface area contributed by atoms with Crippen LogP contribution in [0.15, 0.2) is 29.2 Å². The molecule has 1 unspecified atom stereocenters. The molecule has 3 rings (SSSR count). The van der Waals surface area contributed by atoms with Gasteiger partial charge in [0.2, 0.25) is 5.13 Å². The number of anilines is 2. The summed E-state index contributed by atoms with van der Waals surface area (Å²) in [6.07, 6.45) is 1.54. The molecule has 2 N–H and O–H groups in total. The second kappa shape index (κ2) is 7.46. The van der Waals surface area contributed by atoms with Gasteiger partial charge in [-0.25, -0.2) is 9.97 Å². The van der Waals surface area contributed by atoms with E-state index in [1.54, 1.807) is 29.0 Å².